The molecule has 2 N–H and O–H groups in total. The number of rotatable bonds is 2. The summed E-state index contributed by atoms with van der Waals surface area (Å²) in [5, 5.41) is 1.38. The zero-order valence-corrected chi connectivity index (χ0v) is 10.6. The zero-order valence-electron chi connectivity index (χ0n) is 9.81. The largest absolute Gasteiger partial charge is 0.457 e. The number of para-hydroxylation sites is 1. The van der Waals surface area contributed by atoms with Gasteiger partial charge < -0.3 is 10.2 Å². The highest BCUT2D eigenvalue weighted by atomic mass is 35.5. The van der Waals surface area contributed by atoms with Crippen molar-refractivity contribution >= 4 is 22.6 Å². The van der Waals surface area contributed by atoms with E-state index in [0.717, 1.165) is 11.6 Å². The van der Waals surface area contributed by atoms with Gasteiger partial charge in [0.15, 0.2) is 5.58 Å². The minimum Gasteiger partial charge on any atom is -0.457 e. The Labute approximate surface area is 113 Å². The summed E-state index contributed by atoms with van der Waals surface area (Å²) in [6.45, 7) is 0. The molecular weight excluding hydrogens is 267 g/mol. The molecule has 1 unspecified atom stereocenters. The highest BCUT2D eigenvalue weighted by Crippen LogP contribution is 2.30. The van der Waals surface area contributed by atoms with E-state index in [2.05, 4.69) is 4.98 Å². The van der Waals surface area contributed by atoms with Crippen molar-refractivity contribution in [1.29, 1.82) is 0 Å². The summed E-state index contributed by atoms with van der Waals surface area (Å²) in [5.41, 5.74) is 7.19. The quantitative estimate of drug-likeness (QED) is 0.777. The van der Waals surface area contributed by atoms with Crippen molar-refractivity contribution in [3.05, 3.63) is 64.9 Å². The molecule has 3 aromatic rings. The van der Waals surface area contributed by atoms with E-state index in [1.54, 1.807) is 12.1 Å². The molecule has 1 atom stereocenters. The SMILES string of the molecule is NC(c1cncc(F)c1)c1cc2cccc(Cl)c2o1. The van der Waals surface area contributed by atoms with Gasteiger partial charge in [0.05, 0.1) is 17.3 Å². The molecular formula is C14H10ClFN2O. The standard InChI is InChI=1S/C14H10ClFN2O/c15-11-3-1-2-8-5-12(19-14(8)11)13(17)9-4-10(16)7-18-6-9/h1-7,13H,17H2. The summed E-state index contributed by atoms with van der Waals surface area (Å²) < 4.78 is 18.8. The summed E-state index contributed by atoms with van der Waals surface area (Å²) in [6, 6.07) is 8.02. The molecule has 0 saturated heterocycles. The Morgan fingerprint density at radius 1 is 1.26 bits per heavy atom. The molecule has 0 radical (unpaired) electrons. The number of hydrogen-bond donors (Lipinski definition) is 1. The lowest BCUT2D eigenvalue weighted by atomic mass is 10.1. The molecule has 0 saturated carbocycles. The molecule has 0 bridgehead atoms. The van der Waals surface area contributed by atoms with Crippen molar-refractivity contribution in [2.45, 2.75) is 6.04 Å². The predicted molar refractivity (Wildman–Crippen MR) is 71.4 cm³/mol. The second kappa shape index (κ2) is 4.64. The van der Waals surface area contributed by atoms with Crippen LogP contribution in [0.25, 0.3) is 11.0 Å². The van der Waals surface area contributed by atoms with Crippen LogP contribution in [0.3, 0.4) is 0 Å². The number of nitrogens with zero attached hydrogens (tertiary/aromatic N) is 1. The number of aromatic nitrogens is 1. The molecule has 3 nitrogen and oxygen atoms in total. The van der Waals surface area contributed by atoms with Gasteiger partial charge in [-0.2, -0.15) is 0 Å². The lowest BCUT2D eigenvalue weighted by Crippen LogP contribution is -2.11. The van der Waals surface area contributed by atoms with Crippen LogP contribution in [-0.4, -0.2) is 4.98 Å². The second-order valence-corrected chi connectivity index (χ2v) is 4.63. The van der Waals surface area contributed by atoms with Gasteiger partial charge in [-0.25, -0.2) is 4.39 Å². The maximum absolute atomic E-state index is 13.1. The second-order valence-electron chi connectivity index (χ2n) is 4.22. The van der Waals surface area contributed by atoms with E-state index in [4.69, 9.17) is 21.8 Å². The third-order valence-electron chi connectivity index (χ3n) is 2.91. The normalized spacial score (nSPS) is 12.8. The fourth-order valence-electron chi connectivity index (χ4n) is 1.96. The van der Waals surface area contributed by atoms with E-state index in [-0.39, 0.29) is 0 Å². The molecule has 1 aromatic carbocycles. The Balaban J connectivity index is 2.06. The van der Waals surface area contributed by atoms with Crippen molar-refractivity contribution in [1.82, 2.24) is 4.98 Å². The van der Waals surface area contributed by atoms with Gasteiger partial charge in [-0.1, -0.05) is 23.7 Å². The smallest absolute Gasteiger partial charge is 0.152 e. The first-order valence-corrected chi connectivity index (χ1v) is 6.07. The van der Waals surface area contributed by atoms with Crippen LogP contribution in [0.5, 0.6) is 0 Å². The molecule has 0 spiro atoms. The summed E-state index contributed by atoms with van der Waals surface area (Å²) >= 11 is 6.04. The van der Waals surface area contributed by atoms with Gasteiger partial charge in [-0.15, -0.1) is 0 Å². The van der Waals surface area contributed by atoms with Crippen molar-refractivity contribution in [3.63, 3.8) is 0 Å². The van der Waals surface area contributed by atoms with Crippen LogP contribution in [0.1, 0.15) is 17.4 Å². The summed E-state index contributed by atoms with van der Waals surface area (Å²) in [6.07, 6.45) is 2.65. The van der Waals surface area contributed by atoms with Crippen LogP contribution in [0.2, 0.25) is 5.02 Å². The fraction of sp³-hybridized carbons (Fsp3) is 0.0714. The fourth-order valence-corrected chi connectivity index (χ4v) is 2.18. The average molecular weight is 277 g/mol. The van der Waals surface area contributed by atoms with E-state index in [1.807, 2.05) is 12.1 Å². The van der Waals surface area contributed by atoms with Crippen LogP contribution < -0.4 is 5.73 Å². The van der Waals surface area contributed by atoms with Gasteiger partial charge in [0.1, 0.15) is 11.6 Å². The minimum atomic E-state index is -0.577. The Bertz CT molecular complexity index is 741. The molecule has 0 fully saturated rings. The molecule has 19 heavy (non-hydrogen) atoms. The maximum atomic E-state index is 13.1. The average Bonchev–Trinajstić information content (AvgIpc) is 2.83. The third-order valence-corrected chi connectivity index (χ3v) is 3.20. The minimum absolute atomic E-state index is 0.429. The Kier molecular flexibility index (Phi) is 2.97. The maximum Gasteiger partial charge on any atom is 0.152 e. The number of hydrogen-bond acceptors (Lipinski definition) is 3. The number of benzene rings is 1. The molecule has 96 valence electrons. The van der Waals surface area contributed by atoms with Crippen LogP contribution in [0, 0.1) is 5.82 Å². The van der Waals surface area contributed by atoms with Crippen LogP contribution >= 0.6 is 11.6 Å². The number of furan rings is 1. The Morgan fingerprint density at radius 3 is 2.84 bits per heavy atom. The van der Waals surface area contributed by atoms with E-state index < -0.39 is 11.9 Å². The molecule has 3 rings (SSSR count). The number of nitrogens with two attached hydrogens (primary N) is 1. The summed E-state index contributed by atoms with van der Waals surface area (Å²) in [7, 11) is 0. The molecule has 5 heteroatoms. The first-order valence-electron chi connectivity index (χ1n) is 5.69. The monoisotopic (exact) mass is 276 g/mol. The Morgan fingerprint density at radius 2 is 2.11 bits per heavy atom. The topological polar surface area (TPSA) is 52.0 Å². The summed E-state index contributed by atoms with van der Waals surface area (Å²) in [4.78, 5) is 3.78. The van der Waals surface area contributed by atoms with Gasteiger partial charge in [-0.05, 0) is 23.8 Å². The predicted octanol–water partition coefficient (Wildman–Crippen LogP) is 3.67. The van der Waals surface area contributed by atoms with Crippen molar-refractivity contribution in [2.24, 2.45) is 5.73 Å². The molecule has 0 aliphatic rings. The number of halogens is 2. The first-order chi connectivity index (χ1) is 9.15. The van der Waals surface area contributed by atoms with E-state index in [1.165, 1.54) is 12.3 Å². The molecule has 0 aliphatic carbocycles. The highest BCUT2D eigenvalue weighted by Gasteiger charge is 2.16. The van der Waals surface area contributed by atoms with Crippen molar-refractivity contribution in [2.75, 3.05) is 0 Å². The third kappa shape index (κ3) is 2.20. The van der Waals surface area contributed by atoms with Crippen LogP contribution in [0.4, 0.5) is 4.39 Å². The molecule has 2 aromatic heterocycles. The molecule has 0 amide bonds. The number of pyridine rings is 1. The van der Waals surface area contributed by atoms with Gasteiger partial charge in [0.2, 0.25) is 0 Å². The van der Waals surface area contributed by atoms with Gasteiger partial charge >= 0.3 is 0 Å². The van der Waals surface area contributed by atoms with Crippen molar-refractivity contribution in [3.8, 4) is 0 Å². The summed E-state index contributed by atoms with van der Waals surface area (Å²) in [5.74, 6) is 0.0950. The van der Waals surface area contributed by atoms with Gasteiger partial charge in [0.25, 0.3) is 0 Å². The first kappa shape index (κ1) is 12.1. The van der Waals surface area contributed by atoms with Crippen molar-refractivity contribution < 1.29 is 8.81 Å². The lowest BCUT2D eigenvalue weighted by molar-refractivity contribution is 0.522. The van der Waals surface area contributed by atoms with Gasteiger partial charge in [0, 0.05) is 11.6 Å². The highest BCUT2D eigenvalue weighted by molar-refractivity contribution is 6.34. The van der Waals surface area contributed by atoms with Crippen LogP contribution in [-0.2, 0) is 0 Å². The van der Waals surface area contributed by atoms with E-state index in [0.29, 0.717) is 21.9 Å². The van der Waals surface area contributed by atoms with E-state index in [9.17, 15) is 4.39 Å². The van der Waals surface area contributed by atoms with E-state index >= 15 is 0 Å². The molecule has 2 heterocycles. The van der Waals surface area contributed by atoms with Crippen LogP contribution in [0.15, 0.2) is 47.1 Å². The van der Waals surface area contributed by atoms with Gasteiger partial charge in [-0.3, -0.25) is 4.98 Å². The molecule has 0 aliphatic heterocycles. The lowest BCUT2D eigenvalue weighted by Gasteiger charge is -2.08. The Hall–Kier alpha value is -1.91. The number of fused-ring (bicyclic) bond motifs is 1. The zero-order chi connectivity index (χ0) is 13.4.